The number of piperidine rings is 1. The van der Waals surface area contributed by atoms with E-state index in [1.165, 1.54) is 17.7 Å². The average Bonchev–Trinajstić information content (AvgIpc) is 3.46. The second kappa shape index (κ2) is 9.96. The van der Waals surface area contributed by atoms with Crippen molar-refractivity contribution in [3.05, 3.63) is 71.4 Å². The zero-order valence-electron chi connectivity index (χ0n) is 22.4. The van der Waals surface area contributed by atoms with Crippen LogP contribution < -0.4 is 15.1 Å². The van der Waals surface area contributed by atoms with E-state index in [-0.39, 0.29) is 23.2 Å². The molecule has 0 aliphatic carbocycles. The van der Waals surface area contributed by atoms with E-state index in [2.05, 4.69) is 48.4 Å². The third-order valence-electron chi connectivity index (χ3n) is 7.68. The van der Waals surface area contributed by atoms with Crippen molar-refractivity contribution in [2.75, 3.05) is 38.2 Å². The van der Waals surface area contributed by atoms with Crippen LogP contribution in [0.4, 0.5) is 10.5 Å². The van der Waals surface area contributed by atoms with E-state index in [0.29, 0.717) is 12.2 Å². The molecule has 0 aromatic heterocycles. The summed E-state index contributed by atoms with van der Waals surface area (Å²) < 4.78 is 11.6. The van der Waals surface area contributed by atoms with Crippen molar-refractivity contribution in [1.82, 2.24) is 15.3 Å². The minimum Gasteiger partial charge on any atom is -0.496 e. The first-order chi connectivity index (χ1) is 18.1. The van der Waals surface area contributed by atoms with Crippen LogP contribution in [0.15, 0.2) is 60.3 Å². The van der Waals surface area contributed by atoms with Crippen molar-refractivity contribution >= 4 is 17.7 Å². The predicted octanol–water partition coefficient (Wildman–Crippen LogP) is 4.43. The molecule has 2 N–H and O–H groups in total. The molecule has 9 heteroatoms. The Labute approximate surface area is 223 Å². The molecule has 38 heavy (non-hydrogen) atoms. The summed E-state index contributed by atoms with van der Waals surface area (Å²) in [6, 6.07) is 14.5. The molecule has 1 amide bonds. The molecule has 2 aromatic rings. The quantitative estimate of drug-likeness (QED) is 0.578. The van der Waals surface area contributed by atoms with Gasteiger partial charge in [0.15, 0.2) is 0 Å². The van der Waals surface area contributed by atoms with Crippen molar-refractivity contribution in [2.24, 2.45) is 0 Å². The second-order valence-corrected chi connectivity index (χ2v) is 11.3. The molecule has 9 nitrogen and oxygen atoms in total. The van der Waals surface area contributed by atoms with E-state index < -0.39 is 11.6 Å². The lowest BCUT2D eigenvalue weighted by molar-refractivity contribution is 0.00278. The van der Waals surface area contributed by atoms with E-state index >= 15 is 0 Å². The molecule has 1 atom stereocenters. The van der Waals surface area contributed by atoms with Gasteiger partial charge in [-0.2, -0.15) is 0 Å². The van der Waals surface area contributed by atoms with Gasteiger partial charge in [-0.1, -0.05) is 18.2 Å². The van der Waals surface area contributed by atoms with Crippen LogP contribution in [0.25, 0.3) is 0 Å². The highest BCUT2D eigenvalue weighted by Crippen LogP contribution is 2.39. The molecule has 3 aliphatic heterocycles. The maximum Gasteiger partial charge on any atom is 0.415 e. The maximum atomic E-state index is 12.8. The molecular formula is C29H36N4O5. The number of ether oxygens (including phenoxy) is 2. The molecule has 2 fully saturated rings. The Morgan fingerprint density at radius 3 is 2.45 bits per heavy atom. The van der Waals surface area contributed by atoms with E-state index in [4.69, 9.17) is 14.6 Å². The molecule has 0 saturated carbocycles. The number of nitrogens with zero attached hydrogens (tertiary/aromatic N) is 3. The van der Waals surface area contributed by atoms with Crippen LogP contribution in [0.3, 0.4) is 0 Å². The smallest absolute Gasteiger partial charge is 0.415 e. The van der Waals surface area contributed by atoms with Crippen molar-refractivity contribution in [3.8, 4) is 5.75 Å². The number of amides is 1. The van der Waals surface area contributed by atoms with E-state index in [1.807, 2.05) is 18.2 Å². The lowest BCUT2D eigenvalue weighted by Crippen LogP contribution is -2.47. The first kappa shape index (κ1) is 26.1. The monoisotopic (exact) mass is 520 g/mol. The number of carbonyl (C=O) groups is 2. The van der Waals surface area contributed by atoms with Gasteiger partial charge in [0.1, 0.15) is 11.4 Å². The summed E-state index contributed by atoms with van der Waals surface area (Å²) in [4.78, 5) is 28.0. The third kappa shape index (κ3) is 5.08. The average molecular weight is 521 g/mol. The van der Waals surface area contributed by atoms with Crippen molar-refractivity contribution in [1.29, 1.82) is 0 Å². The number of hydrazine groups is 1. The van der Waals surface area contributed by atoms with Crippen LogP contribution in [-0.4, -0.2) is 71.5 Å². The summed E-state index contributed by atoms with van der Waals surface area (Å²) in [5.74, 6) is -0.130. The normalized spacial score (nSPS) is 21.5. The van der Waals surface area contributed by atoms with Gasteiger partial charge in [-0.25, -0.2) is 15.0 Å². The summed E-state index contributed by atoms with van der Waals surface area (Å²) in [6.45, 7) is 9.43. The molecule has 3 heterocycles. The first-order valence-electron chi connectivity index (χ1n) is 13.0. The largest absolute Gasteiger partial charge is 0.496 e. The summed E-state index contributed by atoms with van der Waals surface area (Å²) in [6.07, 6.45) is 3.33. The Balaban J connectivity index is 1.27. The van der Waals surface area contributed by atoms with Crippen LogP contribution in [0.5, 0.6) is 5.75 Å². The molecule has 1 spiro atoms. The first-order valence-corrected chi connectivity index (χ1v) is 13.0. The number of carboxylic acid groups (broad SMARTS) is 1. The summed E-state index contributed by atoms with van der Waals surface area (Å²) in [7, 11) is 1.70. The zero-order valence-corrected chi connectivity index (χ0v) is 22.4. The van der Waals surface area contributed by atoms with E-state index in [1.54, 1.807) is 24.1 Å². The minimum absolute atomic E-state index is 0.00911. The topological polar surface area (TPSA) is 94.6 Å². The standard InChI is InChI=1S/C29H36N4O5/c1-28(2,3)33-18-21(25(30-33)23-7-5-6-8-24(23)37-4)17-31-15-13-29(14-16-31)19-32(27(36)38-29)22-11-9-20(10-12-22)26(34)35/h5-12,18,25,30H,13-17,19H2,1-4H3,(H,34,35). The lowest BCUT2D eigenvalue weighted by Gasteiger charge is -2.38. The Kier molecular flexibility index (Phi) is 6.83. The van der Waals surface area contributed by atoms with Gasteiger partial charge in [-0.05, 0) is 56.7 Å². The van der Waals surface area contributed by atoms with Gasteiger partial charge in [0.05, 0.1) is 25.3 Å². The van der Waals surface area contributed by atoms with Crippen LogP contribution >= 0.6 is 0 Å². The number of carboxylic acids is 1. The number of aromatic carboxylic acids is 1. The fraction of sp³-hybridized carbons (Fsp3) is 0.448. The van der Waals surface area contributed by atoms with Crippen molar-refractivity contribution in [2.45, 2.75) is 50.8 Å². The molecule has 0 radical (unpaired) electrons. The number of rotatable bonds is 6. The SMILES string of the molecule is COc1ccccc1C1NN(C(C)(C)C)C=C1CN1CCC2(CC1)CN(c1ccc(C(=O)O)cc1)C(=O)O2. The molecule has 202 valence electrons. The fourth-order valence-electron chi connectivity index (χ4n) is 5.44. The van der Waals surface area contributed by atoms with Gasteiger partial charge in [0.2, 0.25) is 0 Å². The van der Waals surface area contributed by atoms with Crippen LogP contribution in [0, 0.1) is 0 Å². The number of anilines is 1. The summed E-state index contributed by atoms with van der Waals surface area (Å²) >= 11 is 0. The Bertz CT molecular complexity index is 1230. The Hall–Kier alpha value is -3.56. The number of para-hydroxylation sites is 1. The van der Waals surface area contributed by atoms with Crippen molar-refractivity contribution in [3.63, 3.8) is 0 Å². The van der Waals surface area contributed by atoms with Gasteiger partial charge in [-0.15, -0.1) is 0 Å². The molecule has 2 saturated heterocycles. The van der Waals surface area contributed by atoms with Gasteiger partial charge in [-0.3, -0.25) is 9.80 Å². The highest BCUT2D eigenvalue weighted by Gasteiger charge is 2.47. The number of hydrogen-bond acceptors (Lipinski definition) is 7. The van der Waals surface area contributed by atoms with Crippen LogP contribution in [0.2, 0.25) is 0 Å². The molecule has 2 aromatic carbocycles. The Morgan fingerprint density at radius 2 is 1.82 bits per heavy atom. The number of carbonyl (C=O) groups excluding carboxylic acids is 1. The van der Waals surface area contributed by atoms with Crippen molar-refractivity contribution < 1.29 is 24.2 Å². The van der Waals surface area contributed by atoms with Gasteiger partial charge >= 0.3 is 12.1 Å². The lowest BCUT2D eigenvalue weighted by atomic mass is 9.90. The van der Waals surface area contributed by atoms with Gasteiger partial charge in [0, 0.05) is 55.5 Å². The van der Waals surface area contributed by atoms with Crippen LogP contribution in [-0.2, 0) is 4.74 Å². The fourth-order valence-corrected chi connectivity index (χ4v) is 5.44. The minimum atomic E-state index is -0.990. The number of hydrogen-bond donors (Lipinski definition) is 2. The predicted molar refractivity (Wildman–Crippen MR) is 144 cm³/mol. The number of likely N-dealkylation sites (tertiary alicyclic amines) is 1. The number of methoxy groups -OCH3 is 1. The number of benzene rings is 2. The molecule has 3 aliphatic rings. The summed E-state index contributed by atoms with van der Waals surface area (Å²) in [5.41, 5.74) is 6.28. The highest BCUT2D eigenvalue weighted by molar-refractivity contribution is 5.92. The number of nitrogens with one attached hydrogen (secondary N) is 1. The third-order valence-corrected chi connectivity index (χ3v) is 7.68. The van der Waals surface area contributed by atoms with Gasteiger partial charge < -0.3 is 19.6 Å². The zero-order chi connectivity index (χ0) is 27.1. The summed E-state index contributed by atoms with van der Waals surface area (Å²) in [5, 5.41) is 11.3. The highest BCUT2D eigenvalue weighted by atomic mass is 16.6. The molecule has 5 rings (SSSR count). The second-order valence-electron chi connectivity index (χ2n) is 11.3. The maximum absolute atomic E-state index is 12.8. The van der Waals surface area contributed by atoms with Crippen LogP contribution in [0.1, 0.15) is 55.6 Å². The van der Waals surface area contributed by atoms with Gasteiger partial charge in [0.25, 0.3) is 0 Å². The molecule has 1 unspecified atom stereocenters. The van der Waals surface area contributed by atoms with E-state index in [9.17, 15) is 9.59 Å². The molecule has 0 bridgehead atoms. The Morgan fingerprint density at radius 1 is 1.13 bits per heavy atom. The van der Waals surface area contributed by atoms with E-state index in [0.717, 1.165) is 43.8 Å². The molecular weight excluding hydrogens is 484 g/mol.